The number of ketones is 1. The Morgan fingerprint density at radius 3 is 2.23 bits per heavy atom. The molecule has 0 heterocycles. The van der Waals surface area contributed by atoms with E-state index in [1.807, 2.05) is 0 Å². The number of carbonyl (C=O) groups excluding carboxylic acids is 1. The highest BCUT2D eigenvalue weighted by molar-refractivity contribution is 7.92. The minimum Gasteiger partial charge on any atom is -0.324 e. The van der Waals surface area contributed by atoms with E-state index in [-0.39, 0.29) is 42.3 Å². The Hall–Kier alpha value is -2.37. The number of sulfone groups is 1. The van der Waals surface area contributed by atoms with E-state index >= 15 is 0 Å². The molecule has 0 aromatic heterocycles. The van der Waals surface area contributed by atoms with Gasteiger partial charge in [0.05, 0.1) is 10.9 Å². The Bertz CT molecular complexity index is 1370. The minimum absolute atomic E-state index is 0.00278. The molecule has 0 spiro atoms. The zero-order valence-electron chi connectivity index (χ0n) is 22.0. The summed E-state index contributed by atoms with van der Waals surface area (Å²) in [5, 5.41) is 0. The van der Waals surface area contributed by atoms with Gasteiger partial charge in [-0.15, -0.1) is 0 Å². The summed E-state index contributed by atoms with van der Waals surface area (Å²) in [5.41, 5.74) is 7.49. The van der Waals surface area contributed by atoms with Crippen LogP contribution in [0.15, 0.2) is 47.4 Å². The van der Waals surface area contributed by atoms with Gasteiger partial charge in [0.25, 0.3) is 0 Å². The molecule has 0 radical (unpaired) electrons. The van der Waals surface area contributed by atoms with Crippen molar-refractivity contribution in [2.45, 2.75) is 85.9 Å². The van der Waals surface area contributed by atoms with E-state index in [0.29, 0.717) is 24.5 Å². The highest BCUT2D eigenvalue weighted by atomic mass is 32.2. The van der Waals surface area contributed by atoms with Gasteiger partial charge >= 0.3 is 6.18 Å². The van der Waals surface area contributed by atoms with Crippen molar-refractivity contribution in [3.8, 4) is 0 Å². The Labute approximate surface area is 225 Å². The number of halogens is 5. The average Bonchev–Trinajstić information content (AvgIpc) is 3.22. The molecule has 11 heteroatoms. The maximum atomic E-state index is 14.8. The van der Waals surface area contributed by atoms with Crippen molar-refractivity contribution in [3.63, 3.8) is 0 Å². The predicted octanol–water partition coefficient (Wildman–Crippen LogP) is 5.24. The van der Waals surface area contributed by atoms with Crippen LogP contribution in [0.25, 0.3) is 0 Å². The van der Waals surface area contributed by atoms with Gasteiger partial charge in [-0.3, -0.25) is 4.79 Å². The second-order valence-corrected chi connectivity index (χ2v) is 13.8. The molecule has 0 aliphatic heterocycles. The lowest BCUT2D eigenvalue weighted by Crippen LogP contribution is -2.55. The first-order valence-electron chi connectivity index (χ1n) is 12.8. The van der Waals surface area contributed by atoms with Gasteiger partial charge in [-0.1, -0.05) is 18.2 Å². The van der Waals surface area contributed by atoms with Crippen molar-refractivity contribution in [3.05, 3.63) is 65.0 Å². The fourth-order valence-electron chi connectivity index (χ4n) is 6.30. The van der Waals surface area contributed by atoms with Gasteiger partial charge in [-0.05, 0) is 99.2 Å². The van der Waals surface area contributed by atoms with Crippen molar-refractivity contribution in [1.82, 2.24) is 0 Å². The van der Waals surface area contributed by atoms with Crippen LogP contribution >= 0.6 is 0 Å². The van der Waals surface area contributed by atoms with Crippen LogP contribution in [0.5, 0.6) is 0 Å². The van der Waals surface area contributed by atoms with Gasteiger partial charge < -0.3 is 11.5 Å². The molecular formula is C28H33F5N2O3S. The van der Waals surface area contributed by atoms with Crippen molar-refractivity contribution in [1.29, 1.82) is 0 Å². The first kappa shape index (κ1) is 29.6. The van der Waals surface area contributed by atoms with Gasteiger partial charge in [0, 0.05) is 12.0 Å². The van der Waals surface area contributed by atoms with Crippen LogP contribution in [-0.4, -0.2) is 32.0 Å². The molecule has 5 nitrogen and oxygen atoms in total. The fourth-order valence-corrected chi connectivity index (χ4v) is 8.80. The van der Waals surface area contributed by atoms with Crippen molar-refractivity contribution in [2.75, 3.05) is 0 Å². The third-order valence-corrected chi connectivity index (χ3v) is 11.2. The molecule has 4 rings (SSSR count). The molecule has 0 bridgehead atoms. The number of Topliss-reactive ketones (excluding diaryl/α,β-unsaturated/α-hetero) is 1. The third kappa shape index (κ3) is 4.80. The van der Waals surface area contributed by atoms with Gasteiger partial charge in [0.2, 0.25) is 5.67 Å². The number of carbonyl (C=O) groups is 1. The van der Waals surface area contributed by atoms with E-state index in [1.54, 1.807) is 13.8 Å². The van der Waals surface area contributed by atoms with Crippen molar-refractivity contribution in [2.24, 2.45) is 23.3 Å². The Morgan fingerprint density at radius 1 is 1.05 bits per heavy atom. The summed E-state index contributed by atoms with van der Waals surface area (Å²) in [5.74, 6) is -1.88. The highest BCUT2D eigenvalue weighted by Crippen LogP contribution is 2.60. The van der Waals surface area contributed by atoms with E-state index in [0.717, 1.165) is 36.4 Å². The number of rotatable bonds is 7. The molecule has 5 atom stereocenters. The molecule has 2 aliphatic carbocycles. The molecule has 39 heavy (non-hydrogen) atoms. The maximum absolute atomic E-state index is 14.8. The van der Waals surface area contributed by atoms with E-state index in [1.165, 1.54) is 6.07 Å². The van der Waals surface area contributed by atoms with Crippen LogP contribution in [0.2, 0.25) is 0 Å². The number of benzene rings is 2. The van der Waals surface area contributed by atoms with E-state index in [4.69, 9.17) is 11.5 Å². The fraction of sp³-hybridized carbons (Fsp3) is 0.536. The second kappa shape index (κ2) is 9.62. The average molecular weight is 573 g/mol. The zero-order chi connectivity index (χ0) is 29.2. The van der Waals surface area contributed by atoms with Gasteiger partial charge in [0.1, 0.15) is 10.6 Å². The molecule has 2 aliphatic rings. The summed E-state index contributed by atoms with van der Waals surface area (Å²) >= 11 is 0. The molecule has 0 amide bonds. The Kier molecular flexibility index (Phi) is 7.31. The molecule has 214 valence electrons. The van der Waals surface area contributed by atoms with Crippen LogP contribution in [0, 0.1) is 17.7 Å². The van der Waals surface area contributed by atoms with Crippen molar-refractivity contribution < 1.29 is 35.2 Å². The summed E-state index contributed by atoms with van der Waals surface area (Å²) < 4.78 is 95.9. The number of alkyl halides is 4. The van der Waals surface area contributed by atoms with E-state index in [9.17, 15) is 35.2 Å². The highest BCUT2D eigenvalue weighted by Gasteiger charge is 2.61. The second-order valence-electron chi connectivity index (χ2n) is 11.6. The lowest BCUT2D eigenvalue weighted by molar-refractivity contribution is -0.228. The SMILES string of the molecule is CC(C)(N)[C@H](N)C(=O)C[C@@H]1CC[C@@]2(S(=O)(=O)c3ccc(F)cc3)c3ccc(C(C)(F)C(F)(F)F)cc3CC[C@@H]12. The van der Waals surface area contributed by atoms with Crippen LogP contribution in [-0.2, 0) is 31.5 Å². The molecular weight excluding hydrogens is 539 g/mol. The quantitative estimate of drug-likeness (QED) is 0.349. The van der Waals surface area contributed by atoms with E-state index in [2.05, 4.69) is 0 Å². The van der Waals surface area contributed by atoms with Gasteiger partial charge in [-0.2, -0.15) is 13.2 Å². The summed E-state index contributed by atoms with van der Waals surface area (Å²) in [7, 11) is -4.23. The van der Waals surface area contributed by atoms with Crippen LogP contribution in [0.3, 0.4) is 0 Å². The van der Waals surface area contributed by atoms with Crippen molar-refractivity contribution >= 4 is 15.6 Å². The summed E-state index contributed by atoms with van der Waals surface area (Å²) in [6.07, 6.45) is -4.26. The lowest BCUT2D eigenvalue weighted by atomic mass is 9.71. The molecule has 0 saturated heterocycles. The Balaban J connectivity index is 1.85. The van der Waals surface area contributed by atoms with Crippen LogP contribution < -0.4 is 11.5 Å². The maximum Gasteiger partial charge on any atom is 0.426 e. The first-order valence-corrected chi connectivity index (χ1v) is 14.3. The predicted molar refractivity (Wildman–Crippen MR) is 137 cm³/mol. The third-order valence-electron chi connectivity index (χ3n) is 8.63. The number of aryl methyl sites for hydroxylation is 1. The zero-order valence-corrected chi connectivity index (χ0v) is 22.8. The molecule has 2 aromatic carbocycles. The number of fused-ring (bicyclic) bond motifs is 3. The smallest absolute Gasteiger partial charge is 0.324 e. The molecule has 1 fully saturated rings. The van der Waals surface area contributed by atoms with E-state index < -0.39 is 55.3 Å². The summed E-state index contributed by atoms with van der Waals surface area (Å²) in [4.78, 5) is 12.9. The van der Waals surface area contributed by atoms with Crippen LogP contribution in [0.1, 0.15) is 63.1 Å². The largest absolute Gasteiger partial charge is 0.426 e. The summed E-state index contributed by atoms with van der Waals surface area (Å²) in [6, 6.07) is 6.78. The number of nitrogens with two attached hydrogens (primary N) is 2. The van der Waals surface area contributed by atoms with Gasteiger partial charge in [0.15, 0.2) is 15.6 Å². The number of hydrogen-bond donors (Lipinski definition) is 2. The molecule has 1 saturated carbocycles. The summed E-state index contributed by atoms with van der Waals surface area (Å²) in [6.45, 7) is 3.69. The Morgan fingerprint density at radius 2 is 1.67 bits per heavy atom. The normalized spacial score (nSPS) is 25.9. The van der Waals surface area contributed by atoms with Gasteiger partial charge in [-0.25, -0.2) is 17.2 Å². The lowest BCUT2D eigenvalue weighted by Gasteiger charge is -2.43. The molecule has 2 aromatic rings. The number of hydrogen-bond acceptors (Lipinski definition) is 5. The minimum atomic E-state index is -5.16. The molecule has 1 unspecified atom stereocenters. The monoisotopic (exact) mass is 572 g/mol. The molecule has 4 N–H and O–H groups in total. The van der Waals surface area contributed by atoms with Crippen LogP contribution in [0.4, 0.5) is 22.0 Å². The topological polar surface area (TPSA) is 103 Å². The first-order chi connectivity index (χ1) is 17.8. The standard InChI is InChI=1S/C28H33F5N2O3S/c1-25(2,35)24(34)23(36)15-17-12-13-27(39(37,38)20-8-6-19(29)7-9-20)21(17)10-4-16-14-18(5-11-22(16)27)26(3,30)28(31,32)33/h5-9,11,14,17,21,24H,4,10,12-13,15,34-35H2,1-3H3/t17-,21-,24+,26?,27-/m0/s1.